The van der Waals surface area contributed by atoms with E-state index in [1.165, 1.54) is 62.4 Å². The van der Waals surface area contributed by atoms with Gasteiger partial charge >= 0.3 is 6.18 Å². The Kier molecular flexibility index (Phi) is 7.53. The zero-order valence-corrected chi connectivity index (χ0v) is 18.5. The minimum atomic E-state index is -4.43. The number of hydrogen-bond acceptors (Lipinski definition) is 3. The third-order valence-corrected chi connectivity index (χ3v) is 7.53. The molecule has 1 saturated carbocycles. The molecule has 1 aromatic rings. The number of amides is 1. The molecule has 1 unspecified atom stereocenters. The molecule has 0 bridgehead atoms. The molecule has 30 heavy (non-hydrogen) atoms. The number of carbonyl (C=O) groups excluding carboxylic acids is 1. The molecule has 2 fully saturated rings. The highest BCUT2D eigenvalue weighted by Crippen LogP contribution is 2.39. The lowest BCUT2D eigenvalue weighted by molar-refractivity contribution is -0.138. The van der Waals surface area contributed by atoms with Crippen LogP contribution < -0.4 is 5.32 Å². The van der Waals surface area contributed by atoms with Crippen molar-refractivity contribution in [2.75, 3.05) is 0 Å². The third kappa shape index (κ3) is 5.80. The highest BCUT2D eigenvalue weighted by molar-refractivity contribution is 8.16. The van der Waals surface area contributed by atoms with E-state index < -0.39 is 22.5 Å². The first kappa shape index (κ1) is 23.2. The van der Waals surface area contributed by atoms with Crippen LogP contribution in [-0.2, 0) is 11.0 Å². The van der Waals surface area contributed by atoms with Crippen LogP contribution in [0.3, 0.4) is 0 Å². The van der Waals surface area contributed by atoms with E-state index in [4.69, 9.17) is 0 Å². The van der Waals surface area contributed by atoms with E-state index in [0.717, 1.165) is 31.2 Å². The summed E-state index contributed by atoms with van der Waals surface area (Å²) in [6.07, 6.45) is 6.37. The van der Waals surface area contributed by atoms with Crippen molar-refractivity contribution in [2.24, 2.45) is 10.9 Å². The van der Waals surface area contributed by atoms with Gasteiger partial charge in [0.25, 0.3) is 0 Å². The molecule has 2 aliphatic rings. The van der Waals surface area contributed by atoms with Crippen LogP contribution in [0.1, 0.15) is 88.8 Å². The Morgan fingerprint density at radius 2 is 1.90 bits per heavy atom. The SMILES string of the molecule is C[C@H](N=C1NC(=O)C(C)(CCCCC2CCCCC2)S1)c1ccccc1C(F)(F)F. The normalized spacial score (nSPS) is 25.5. The average molecular weight is 441 g/mol. The van der Waals surface area contributed by atoms with Crippen LogP contribution >= 0.6 is 11.8 Å². The van der Waals surface area contributed by atoms with Crippen LogP contribution in [-0.4, -0.2) is 15.8 Å². The molecule has 0 radical (unpaired) electrons. The van der Waals surface area contributed by atoms with Gasteiger partial charge in [-0.25, -0.2) is 0 Å². The number of hydrogen-bond donors (Lipinski definition) is 1. The van der Waals surface area contributed by atoms with Gasteiger partial charge in [0, 0.05) is 0 Å². The summed E-state index contributed by atoms with van der Waals surface area (Å²) in [7, 11) is 0. The molecular weight excluding hydrogens is 409 g/mol. The maximum absolute atomic E-state index is 13.3. The molecular formula is C23H31F3N2OS. The van der Waals surface area contributed by atoms with Gasteiger partial charge < -0.3 is 5.32 Å². The molecule has 3 nitrogen and oxygen atoms in total. The molecule has 1 saturated heterocycles. The van der Waals surface area contributed by atoms with Crippen LogP contribution in [0.5, 0.6) is 0 Å². The largest absolute Gasteiger partial charge is 0.416 e. The molecule has 3 rings (SSSR count). The second kappa shape index (κ2) is 9.75. The van der Waals surface area contributed by atoms with Crippen LogP contribution in [0.4, 0.5) is 13.2 Å². The number of amidine groups is 1. The van der Waals surface area contributed by atoms with Crippen molar-refractivity contribution in [2.45, 2.75) is 88.6 Å². The lowest BCUT2D eigenvalue weighted by Gasteiger charge is -2.22. The fraction of sp³-hybridized carbons (Fsp3) is 0.652. The zero-order chi connectivity index (χ0) is 21.8. The molecule has 1 aliphatic carbocycles. The van der Waals surface area contributed by atoms with Gasteiger partial charge in [-0.15, -0.1) is 0 Å². The highest BCUT2D eigenvalue weighted by atomic mass is 32.2. The van der Waals surface area contributed by atoms with Crippen molar-refractivity contribution in [1.82, 2.24) is 5.32 Å². The Morgan fingerprint density at radius 3 is 2.60 bits per heavy atom. The summed E-state index contributed by atoms with van der Waals surface area (Å²) in [5, 5.41) is 3.20. The van der Waals surface area contributed by atoms with Crippen molar-refractivity contribution in [1.29, 1.82) is 0 Å². The van der Waals surface area contributed by atoms with Crippen LogP contribution in [0.2, 0.25) is 0 Å². The topological polar surface area (TPSA) is 41.5 Å². The number of nitrogens with one attached hydrogen (secondary N) is 1. The average Bonchev–Trinajstić information content (AvgIpc) is 2.99. The summed E-state index contributed by atoms with van der Waals surface area (Å²) in [5.41, 5.74) is -0.560. The Hall–Kier alpha value is -1.50. The summed E-state index contributed by atoms with van der Waals surface area (Å²) in [4.78, 5) is 17.0. The van der Waals surface area contributed by atoms with Gasteiger partial charge in [0.05, 0.1) is 16.4 Å². The van der Waals surface area contributed by atoms with Gasteiger partial charge in [-0.05, 0) is 37.8 Å². The van der Waals surface area contributed by atoms with Gasteiger partial charge in [0.2, 0.25) is 5.91 Å². The first-order valence-electron chi connectivity index (χ1n) is 10.9. The molecule has 0 spiro atoms. The van der Waals surface area contributed by atoms with Crippen molar-refractivity contribution in [3.8, 4) is 0 Å². The van der Waals surface area contributed by atoms with E-state index in [0.29, 0.717) is 5.17 Å². The monoisotopic (exact) mass is 440 g/mol. The number of carbonyl (C=O) groups is 1. The molecule has 1 amide bonds. The third-order valence-electron chi connectivity index (χ3n) is 6.29. The van der Waals surface area contributed by atoms with E-state index in [1.807, 2.05) is 6.92 Å². The van der Waals surface area contributed by atoms with E-state index in [9.17, 15) is 18.0 Å². The molecule has 1 N–H and O–H groups in total. The van der Waals surface area contributed by atoms with Gasteiger partial charge in [-0.3, -0.25) is 9.79 Å². The van der Waals surface area contributed by atoms with Crippen molar-refractivity contribution in [3.05, 3.63) is 35.4 Å². The zero-order valence-electron chi connectivity index (χ0n) is 17.7. The summed E-state index contributed by atoms with van der Waals surface area (Å²) >= 11 is 1.35. The lowest BCUT2D eigenvalue weighted by atomic mass is 9.85. The number of nitrogens with zero attached hydrogens (tertiary/aromatic N) is 1. The van der Waals surface area contributed by atoms with Gasteiger partial charge in [-0.2, -0.15) is 13.2 Å². The molecule has 2 atom stereocenters. The highest BCUT2D eigenvalue weighted by Gasteiger charge is 2.42. The summed E-state index contributed by atoms with van der Waals surface area (Å²) in [5.74, 6) is 0.739. The van der Waals surface area contributed by atoms with Gasteiger partial charge in [0.15, 0.2) is 5.17 Å². The predicted octanol–water partition coefficient (Wildman–Crippen LogP) is 6.88. The Bertz CT molecular complexity index is 774. The minimum Gasteiger partial charge on any atom is -0.304 e. The predicted molar refractivity (Wildman–Crippen MR) is 116 cm³/mol. The smallest absolute Gasteiger partial charge is 0.304 e. The molecule has 1 aliphatic heterocycles. The molecule has 0 aromatic heterocycles. The first-order valence-corrected chi connectivity index (χ1v) is 11.7. The van der Waals surface area contributed by atoms with Gasteiger partial charge in [0.1, 0.15) is 0 Å². The van der Waals surface area contributed by atoms with Crippen LogP contribution in [0.15, 0.2) is 29.3 Å². The van der Waals surface area contributed by atoms with Gasteiger partial charge in [-0.1, -0.05) is 81.3 Å². The second-order valence-electron chi connectivity index (χ2n) is 8.73. The van der Waals surface area contributed by atoms with Crippen molar-refractivity contribution >= 4 is 22.8 Å². The van der Waals surface area contributed by atoms with E-state index in [2.05, 4.69) is 10.3 Å². The Balaban J connectivity index is 1.58. The maximum Gasteiger partial charge on any atom is 0.416 e. The first-order chi connectivity index (χ1) is 14.2. The molecule has 7 heteroatoms. The number of aliphatic imine (C=N–C) groups is 1. The number of rotatable bonds is 7. The summed E-state index contributed by atoms with van der Waals surface area (Å²) in [6, 6.07) is 4.78. The molecule has 1 heterocycles. The fourth-order valence-corrected chi connectivity index (χ4v) is 5.65. The van der Waals surface area contributed by atoms with Crippen LogP contribution in [0, 0.1) is 5.92 Å². The maximum atomic E-state index is 13.3. The van der Waals surface area contributed by atoms with Crippen molar-refractivity contribution < 1.29 is 18.0 Å². The number of thioether (sulfide) groups is 1. The number of halogens is 3. The minimum absolute atomic E-state index is 0.0970. The lowest BCUT2D eigenvalue weighted by Crippen LogP contribution is -2.33. The Morgan fingerprint density at radius 1 is 1.20 bits per heavy atom. The fourth-order valence-electron chi connectivity index (χ4n) is 4.47. The summed E-state index contributed by atoms with van der Waals surface area (Å²) in [6.45, 7) is 3.54. The number of alkyl halides is 3. The van der Waals surface area contributed by atoms with E-state index in [1.54, 1.807) is 13.0 Å². The summed E-state index contributed by atoms with van der Waals surface area (Å²) < 4.78 is 39.3. The number of unbranched alkanes of at least 4 members (excludes halogenated alkanes) is 1. The standard InChI is InChI=1S/C23H31F3N2OS/c1-16(18-13-6-7-14-19(18)23(24,25)26)27-21-28-20(29)22(2,30-21)15-9-8-12-17-10-4-3-5-11-17/h6-7,13-14,16-17H,3-5,8-12,15H2,1-2H3,(H,27,28,29)/t16-,22?/m0/s1. The number of benzene rings is 1. The second-order valence-corrected chi connectivity index (χ2v) is 10.2. The van der Waals surface area contributed by atoms with Crippen LogP contribution in [0.25, 0.3) is 0 Å². The van der Waals surface area contributed by atoms with E-state index >= 15 is 0 Å². The quantitative estimate of drug-likeness (QED) is 0.469. The molecule has 166 valence electrons. The van der Waals surface area contributed by atoms with Crippen molar-refractivity contribution in [3.63, 3.8) is 0 Å². The Labute approximate surface area is 181 Å². The molecule has 1 aromatic carbocycles. The van der Waals surface area contributed by atoms with E-state index in [-0.39, 0.29) is 11.5 Å².